The molecule has 26 heteroatoms. The molecule has 2 aromatic carbocycles. The first-order valence-corrected chi connectivity index (χ1v) is 30.6. The first-order chi connectivity index (χ1) is 37.8. The zero-order valence-corrected chi connectivity index (χ0v) is 47.1. The van der Waals surface area contributed by atoms with Crippen LogP contribution in [0, 0.1) is 25.5 Å². The Morgan fingerprint density at radius 2 is 1.09 bits per heavy atom. The van der Waals surface area contributed by atoms with Gasteiger partial charge in [-0.25, -0.2) is 55.1 Å². The summed E-state index contributed by atoms with van der Waals surface area (Å²) in [7, 11) is -6.99. The van der Waals surface area contributed by atoms with E-state index in [0.717, 1.165) is 82.4 Å². The molecule has 4 bridgehead atoms. The first-order valence-electron chi connectivity index (χ1n) is 26.9. The fourth-order valence-electron chi connectivity index (χ4n) is 10.4. The molecule has 2 aliphatic carbocycles. The van der Waals surface area contributed by atoms with Gasteiger partial charge in [-0.3, -0.25) is 14.4 Å². The molecule has 3 amide bonds. The van der Waals surface area contributed by atoms with Gasteiger partial charge in [0.2, 0.25) is 11.8 Å². The van der Waals surface area contributed by atoms with E-state index in [1.165, 1.54) is 56.2 Å². The third-order valence-corrected chi connectivity index (χ3v) is 17.7. The zero-order valence-electron chi connectivity index (χ0n) is 45.5. The van der Waals surface area contributed by atoms with Gasteiger partial charge in [-0.15, -0.1) is 0 Å². The van der Waals surface area contributed by atoms with Gasteiger partial charge in [0.25, 0.3) is 11.8 Å². The summed E-state index contributed by atoms with van der Waals surface area (Å²) in [4.78, 5) is 69.4. The molecular weight excluding hydrogens is 1080 g/mol. The Morgan fingerprint density at radius 1 is 0.650 bits per heavy atom. The lowest BCUT2D eigenvalue weighted by Crippen LogP contribution is -2.57. The number of fused-ring (bicyclic) bond motifs is 4. The molecule has 7 aliphatic rings. The van der Waals surface area contributed by atoms with Crippen molar-refractivity contribution in [2.75, 3.05) is 23.1 Å². The number of sulfone groups is 2. The van der Waals surface area contributed by atoms with Gasteiger partial charge in [0.15, 0.2) is 19.7 Å². The molecule has 4 aromatic rings. The third-order valence-electron chi connectivity index (χ3n) is 15.4. The molecule has 3 N–H and O–H groups in total. The maximum Gasteiger partial charge on any atom is 0.534 e. The topological polar surface area (TPSA) is 277 Å². The summed E-state index contributed by atoms with van der Waals surface area (Å²) in [5.41, 5.74) is 0.760. The van der Waals surface area contributed by atoms with Crippen LogP contribution in [0.4, 0.5) is 41.4 Å². The summed E-state index contributed by atoms with van der Waals surface area (Å²) in [5, 5.41) is 9.96. The number of ether oxygens (including phenoxy) is 4. The highest BCUT2D eigenvalue weighted by atomic mass is 32.2. The quantitative estimate of drug-likeness (QED) is 0.0837. The fourth-order valence-corrected chi connectivity index (χ4v) is 11.7. The Bertz CT molecular complexity index is 3220. The SMILES string of the molecule is CC1(OC(=O)ON2C(=O)CCC2=O)CC1.Cc1c(Nc2ccc(S(C)(=O)=O)cc2F)ncnc1OC1CC2CCCC(C1)N2.Cc1c(Nc2ccc(S(C)(=O)=O)cc2F)ncnc1OC1CC2CCCC(C1)N2C(=O)OC1(C)CC1. The van der Waals surface area contributed by atoms with Crippen molar-refractivity contribution in [3.8, 4) is 11.8 Å². The number of benzene rings is 2. The van der Waals surface area contributed by atoms with Crippen molar-refractivity contribution in [1.29, 1.82) is 0 Å². The predicted molar refractivity (Wildman–Crippen MR) is 285 cm³/mol. The van der Waals surface area contributed by atoms with E-state index in [9.17, 15) is 44.8 Å². The van der Waals surface area contributed by atoms with Crippen LogP contribution in [0.3, 0.4) is 0 Å². The molecule has 4 atom stereocenters. The minimum Gasteiger partial charge on any atom is -0.474 e. The van der Waals surface area contributed by atoms with Gasteiger partial charge in [-0.05, 0) is 135 Å². The largest absolute Gasteiger partial charge is 0.534 e. The van der Waals surface area contributed by atoms with Crippen molar-refractivity contribution in [2.45, 2.75) is 188 Å². The van der Waals surface area contributed by atoms with Crippen LogP contribution in [0.2, 0.25) is 0 Å². The van der Waals surface area contributed by atoms with Gasteiger partial charge in [0, 0.05) is 62.4 Å². The molecule has 2 aromatic heterocycles. The van der Waals surface area contributed by atoms with Gasteiger partial charge in [0.05, 0.1) is 32.3 Å². The maximum absolute atomic E-state index is 14.6. The molecule has 0 spiro atoms. The van der Waals surface area contributed by atoms with Crippen LogP contribution >= 0.6 is 0 Å². The van der Waals surface area contributed by atoms with Gasteiger partial charge < -0.3 is 39.8 Å². The van der Waals surface area contributed by atoms with Crippen molar-refractivity contribution in [1.82, 2.24) is 35.2 Å². The maximum atomic E-state index is 14.6. The van der Waals surface area contributed by atoms with E-state index < -0.39 is 54.9 Å². The molecule has 432 valence electrons. The van der Waals surface area contributed by atoms with Crippen LogP contribution in [0.25, 0.3) is 0 Å². The smallest absolute Gasteiger partial charge is 0.474 e. The number of hydrogen-bond donors (Lipinski definition) is 3. The Kier molecular flexibility index (Phi) is 16.9. The minimum absolute atomic E-state index is 0.0690. The lowest BCUT2D eigenvalue weighted by molar-refractivity contribution is -0.179. The van der Waals surface area contributed by atoms with Gasteiger partial charge in [0.1, 0.15) is 59.3 Å². The number of rotatable bonds is 13. The zero-order chi connectivity index (χ0) is 57.3. The number of carbonyl (C=O) groups is 4. The molecule has 0 radical (unpaired) electrons. The van der Waals surface area contributed by atoms with E-state index >= 15 is 0 Å². The number of piperidine rings is 4. The molecule has 7 fully saturated rings. The van der Waals surface area contributed by atoms with Gasteiger partial charge in [-0.1, -0.05) is 11.5 Å². The highest BCUT2D eigenvalue weighted by Crippen LogP contribution is 2.43. The normalized spacial score (nSPS) is 24.1. The van der Waals surface area contributed by atoms with Gasteiger partial charge in [-0.2, -0.15) is 0 Å². The van der Waals surface area contributed by atoms with Crippen LogP contribution < -0.4 is 25.4 Å². The average molecular weight is 1150 g/mol. The lowest BCUT2D eigenvalue weighted by Gasteiger charge is -2.48. The van der Waals surface area contributed by atoms with Crippen molar-refractivity contribution in [3.63, 3.8) is 0 Å². The standard InChI is InChI=1S/C25H31FN4O5S.C20H25FN4O3S.C9H11NO5/c1-15-22(29-21-8-7-19(13-20(21)26)36(3,32)33)27-14-28-23(15)34-18-11-16-5-4-6-17(12-18)30(16)24(31)35-25(2)9-10-25;1-12-19(25-18-7-6-16(10-17(18)21)29(2,26)27)22-11-23-20(12)28-15-8-13-4-3-5-14(9-15)24-13;1-9(4-5-9)14-8(13)15-10-6(11)2-3-7(10)12/h7-8,13-14,16-18H,4-6,9-12H2,1-3H3,(H,27,28,29);6-7,10-11,13-15,24H,3-5,8-9H2,1-2H3,(H,22,23,25);2-5H2,1H3. The number of nitrogens with one attached hydrogen (secondary N) is 3. The van der Waals surface area contributed by atoms with E-state index in [4.69, 9.17) is 18.9 Å². The summed E-state index contributed by atoms with van der Waals surface area (Å²) >= 11 is 0. The predicted octanol–water partition coefficient (Wildman–Crippen LogP) is 8.40. The number of amides is 3. The van der Waals surface area contributed by atoms with E-state index in [1.807, 2.05) is 18.7 Å². The molecule has 5 aliphatic heterocycles. The molecule has 80 heavy (non-hydrogen) atoms. The summed E-state index contributed by atoms with van der Waals surface area (Å²) in [6.07, 6.45) is 17.0. The van der Waals surface area contributed by atoms with Crippen LogP contribution in [-0.4, -0.2) is 131 Å². The van der Waals surface area contributed by atoms with Crippen LogP contribution in [-0.2, 0) is 43.6 Å². The van der Waals surface area contributed by atoms with E-state index in [-0.39, 0.29) is 70.0 Å². The number of aromatic nitrogens is 4. The molecule has 7 heterocycles. The first kappa shape index (κ1) is 57.9. The molecule has 5 saturated heterocycles. The summed E-state index contributed by atoms with van der Waals surface area (Å²) in [6.45, 7) is 7.35. The van der Waals surface area contributed by atoms with Gasteiger partial charge >= 0.3 is 12.2 Å². The molecule has 4 unspecified atom stereocenters. The summed E-state index contributed by atoms with van der Waals surface area (Å²) in [5.74, 6) is -0.702. The average Bonchev–Trinajstić information content (AvgIpc) is 4.33. The van der Waals surface area contributed by atoms with Crippen molar-refractivity contribution in [3.05, 3.63) is 71.8 Å². The fraction of sp³-hybridized carbons (Fsp3) is 0.556. The molecule has 22 nitrogen and oxygen atoms in total. The number of nitrogens with zero attached hydrogens (tertiary/aromatic N) is 6. The Morgan fingerprint density at radius 3 is 1.52 bits per heavy atom. The Hall–Kier alpha value is -6.80. The highest BCUT2D eigenvalue weighted by molar-refractivity contribution is 7.91. The molecule has 11 rings (SSSR count). The van der Waals surface area contributed by atoms with E-state index in [1.54, 1.807) is 13.8 Å². The number of hydrogen-bond acceptors (Lipinski definition) is 20. The van der Waals surface area contributed by atoms with Crippen molar-refractivity contribution < 1.29 is 68.6 Å². The van der Waals surface area contributed by atoms with E-state index in [2.05, 4.69) is 40.7 Å². The third kappa shape index (κ3) is 14.4. The highest BCUT2D eigenvalue weighted by Gasteiger charge is 2.48. The van der Waals surface area contributed by atoms with Crippen molar-refractivity contribution >= 4 is 66.7 Å². The van der Waals surface area contributed by atoms with E-state index in [0.29, 0.717) is 64.5 Å². The summed E-state index contributed by atoms with van der Waals surface area (Å²) in [6, 6.07) is 8.57. The number of carbonyl (C=O) groups excluding carboxylic acids is 4. The Balaban J connectivity index is 0.000000157. The van der Waals surface area contributed by atoms with Crippen LogP contribution in [0.1, 0.15) is 128 Å². The molecular formula is C54H67F2N9O13S2. The summed E-state index contributed by atoms with van der Waals surface area (Å²) < 4.78 is 98.6. The van der Waals surface area contributed by atoms with Crippen molar-refractivity contribution in [2.24, 2.45) is 0 Å². The second-order valence-electron chi connectivity index (χ2n) is 22.2. The van der Waals surface area contributed by atoms with Crippen LogP contribution in [0.15, 0.2) is 58.8 Å². The number of anilines is 4. The number of imide groups is 1. The number of halogens is 2. The number of hydroxylamine groups is 2. The Labute approximate surface area is 463 Å². The second-order valence-corrected chi connectivity index (χ2v) is 26.3. The van der Waals surface area contributed by atoms with Crippen LogP contribution in [0.5, 0.6) is 11.8 Å². The second kappa shape index (κ2) is 23.4. The minimum atomic E-state index is -3.51. The monoisotopic (exact) mass is 1150 g/mol. The lowest BCUT2D eigenvalue weighted by atomic mass is 9.83. The molecule has 2 saturated carbocycles.